The van der Waals surface area contributed by atoms with Gasteiger partial charge < -0.3 is 49.5 Å². The van der Waals surface area contributed by atoms with Gasteiger partial charge in [0.1, 0.15) is 0 Å². The predicted octanol–water partition coefficient (Wildman–Crippen LogP) is -9.40. The highest BCUT2D eigenvalue weighted by Gasteiger charge is 1.95. The molecule has 0 fully saturated rings. The second-order valence-corrected chi connectivity index (χ2v) is 1.29. The molecule has 5 nitrogen and oxygen atoms in total. The van der Waals surface area contributed by atoms with Crippen molar-refractivity contribution in [2.75, 3.05) is 0 Å². The van der Waals surface area contributed by atoms with E-state index in [0.29, 0.717) is 5.57 Å². The average molecular weight is 244 g/mol. The Morgan fingerprint density at radius 1 is 1.25 bits per heavy atom. The number of carbonyl (C=O) groups excluding carboxylic acids is 1. The molecule has 0 saturated carbocycles. The highest BCUT2D eigenvalue weighted by atomic mass is 35.5. The lowest BCUT2D eigenvalue weighted by Gasteiger charge is -1.88. The lowest BCUT2D eigenvalue weighted by Crippen LogP contribution is -3.00. The fraction of sp³-hybridized carbons (Fsp3) is 0.250. The quantitative estimate of drug-likeness (QED) is 0.265. The van der Waals surface area contributed by atoms with Gasteiger partial charge in [-0.2, -0.15) is 0 Å². The zero-order valence-corrected chi connectivity index (χ0v) is 9.72. The van der Waals surface area contributed by atoms with E-state index in [1.165, 1.54) is 0 Å². The zero-order valence-electron chi connectivity index (χ0n) is 7.46. The molecular formula is C4H17Cl3N4O. The summed E-state index contributed by atoms with van der Waals surface area (Å²) >= 11 is 0. The Morgan fingerprint density at radius 2 is 1.50 bits per heavy atom. The maximum absolute atomic E-state index is 10.2. The van der Waals surface area contributed by atoms with Crippen LogP contribution < -0.4 is 60.8 Å². The summed E-state index contributed by atoms with van der Waals surface area (Å²) in [5.41, 5.74) is 2.66. The number of hydrogen-bond donors (Lipinski definition) is 4. The number of halogens is 3. The van der Waals surface area contributed by atoms with E-state index < -0.39 is 0 Å². The van der Waals surface area contributed by atoms with Gasteiger partial charge in [0.2, 0.25) is 0 Å². The fourth-order valence-electron chi connectivity index (χ4n) is 0.151. The van der Waals surface area contributed by atoms with Gasteiger partial charge >= 0.3 is 0 Å². The van der Waals surface area contributed by atoms with Gasteiger partial charge in [-0.05, 0) is 6.92 Å². The molecule has 0 atom stereocenters. The Morgan fingerprint density at radius 3 is 1.50 bits per heavy atom. The second kappa shape index (κ2) is 22.4. The second-order valence-electron chi connectivity index (χ2n) is 1.29. The van der Waals surface area contributed by atoms with Gasteiger partial charge in [0, 0.05) is 5.57 Å². The zero-order chi connectivity index (χ0) is 5.86. The molecule has 0 heterocycles. The van der Waals surface area contributed by atoms with Crippen LogP contribution in [0.1, 0.15) is 6.92 Å². The number of hydrogen-bond acceptors (Lipinski definition) is 1. The Kier molecular flexibility index (Phi) is 75.6. The fourth-order valence-corrected chi connectivity index (χ4v) is 0.151. The van der Waals surface area contributed by atoms with Gasteiger partial charge in [-0.15, -0.1) is 0 Å². The molecule has 0 bridgehead atoms. The molecule has 0 aromatic carbocycles. The van der Waals surface area contributed by atoms with Gasteiger partial charge in [0.05, 0.1) is 0 Å². The molecular weight excluding hydrogens is 226 g/mol. The molecule has 80 valence electrons. The topological polar surface area (TPSA) is 130 Å². The van der Waals surface area contributed by atoms with E-state index in [1.807, 2.05) is 0 Å². The van der Waals surface area contributed by atoms with Crippen molar-refractivity contribution in [3.05, 3.63) is 12.2 Å². The lowest BCUT2D eigenvalue weighted by molar-refractivity contribution is -0.426. The molecule has 0 aliphatic heterocycles. The molecule has 0 aromatic rings. The van der Waals surface area contributed by atoms with Crippen molar-refractivity contribution in [1.82, 2.24) is 17.7 Å². The molecule has 0 unspecified atom stereocenters. The number of amides is 1. The molecule has 0 aliphatic rings. The molecule has 0 saturated heterocycles. The largest absolute Gasteiger partial charge is 1.00 e. The molecule has 0 spiro atoms. The summed E-state index contributed by atoms with van der Waals surface area (Å²) in [6, 6.07) is 0. The SMILES string of the molecule is C=C(C)C(=O)N[NH3+].[Cl-].[Cl-].[Cl-].[NH4+].[NH4+]. The molecule has 0 rings (SSSR count). The van der Waals surface area contributed by atoms with Crippen LogP contribution in [-0.2, 0) is 4.79 Å². The Bertz CT molecular complexity index is 110. The molecule has 8 heteroatoms. The van der Waals surface area contributed by atoms with E-state index in [4.69, 9.17) is 0 Å². The minimum Gasteiger partial charge on any atom is -1.00 e. The molecule has 0 radical (unpaired) electrons. The first-order valence-electron chi connectivity index (χ1n) is 1.91. The van der Waals surface area contributed by atoms with Crippen LogP contribution in [0.4, 0.5) is 0 Å². The first-order chi connectivity index (χ1) is 3.18. The van der Waals surface area contributed by atoms with Crippen LogP contribution in [0.25, 0.3) is 0 Å². The van der Waals surface area contributed by atoms with E-state index >= 15 is 0 Å². The molecule has 0 aliphatic carbocycles. The van der Waals surface area contributed by atoms with Gasteiger partial charge in [0.25, 0.3) is 5.91 Å². The van der Waals surface area contributed by atoms with Crippen molar-refractivity contribution < 1.29 is 47.9 Å². The van der Waals surface area contributed by atoms with Crippen LogP contribution in [0.3, 0.4) is 0 Å². The lowest BCUT2D eigenvalue weighted by atomic mass is 10.3. The number of quaternary nitrogens is 3. The maximum Gasteiger partial charge on any atom is 0.290 e. The van der Waals surface area contributed by atoms with Crippen molar-refractivity contribution in [2.24, 2.45) is 0 Å². The third kappa shape index (κ3) is 22.5. The first-order valence-corrected chi connectivity index (χ1v) is 1.91. The summed E-state index contributed by atoms with van der Waals surface area (Å²) in [5, 5.41) is 0. The summed E-state index contributed by atoms with van der Waals surface area (Å²) in [6.07, 6.45) is 0. The smallest absolute Gasteiger partial charge is 0.290 e. The van der Waals surface area contributed by atoms with Crippen LogP contribution in [0.2, 0.25) is 0 Å². The third-order valence-electron chi connectivity index (χ3n) is 0.548. The monoisotopic (exact) mass is 242 g/mol. The van der Waals surface area contributed by atoms with E-state index in [-0.39, 0.29) is 55.4 Å². The van der Waals surface area contributed by atoms with E-state index in [1.54, 1.807) is 6.92 Å². The van der Waals surface area contributed by atoms with Crippen LogP contribution in [-0.4, -0.2) is 5.91 Å². The van der Waals surface area contributed by atoms with E-state index in [9.17, 15) is 4.79 Å². The summed E-state index contributed by atoms with van der Waals surface area (Å²) in [5.74, 6) is 2.94. The van der Waals surface area contributed by atoms with Gasteiger partial charge in [-0.3, -0.25) is 10.6 Å². The van der Waals surface area contributed by atoms with Crippen molar-refractivity contribution in [1.29, 1.82) is 0 Å². The van der Waals surface area contributed by atoms with Crippen LogP contribution in [0, 0.1) is 0 Å². The molecule has 12 heavy (non-hydrogen) atoms. The highest BCUT2D eigenvalue weighted by Crippen LogP contribution is 1.80. The van der Waals surface area contributed by atoms with Gasteiger partial charge in [-0.25, -0.2) is 5.43 Å². The van der Waals surface area contributed by atoms with Crippen molar-refractivity contribution >= 4 is 5.91 Å². The Balaban J connectivity index is -0.0000000180. The normalized spacial score (nSPS) is 4.50. The summed E-state index contributed by atoms with van der Waals surface area (Å²) in [4.78, 5) is 10.2. The standard InChI is InChI=1S/C4H8N2O.3ClH.2H3N/c1-3(2)4(7)6-5;;;;;/h1,5H2,2H3,(H,6,7);3*1H;2*1H3. The van der Waals surface area contributed by atoms with Gasteiger partial charge in [-0.1, -0.05) is 6.58 Å². The molecule has 1 amide bonds. The summed E-state index contributed by atoms with van der Waals surface area (Å²) in [7, 11) is 0. The predicted molar refractivity (Wildman–Crippen MR) is 37.8 cm³/mol. The number of rotatable bonds is 1. The van der Waals surface area contributed by atoms with Crippen molar-refractivity contribution in [3.8, 4) is 0 Å². The maximum atomic E-state index is 10.2. The van der Waals surface area contributed by atoms with Crippen LogP contribution >= 0.6 is 0 Å². The summed E-state index contributed by atoms with van der Waals surface area (Å²) < 4.78 is 0. The molecule has 12 N–H and O–H groups in total. The van der Waals surface area contributed by atoms with Crippen LogP contribution in [0.15, 0.2) is 12.2 Å². The van der Waals surface area contributed by atoms with Crippen molar-refractivity contribution in [2.45, 2.75) is 6.92 Å². The first kappa shape index (κ1) is 40.4. The van der Waals surface area contributed by atoms with Crippen molar-refractivity contribution in [3.63, 3.8) is 0 Å². The van der Waals surface area contributed by atoms with E-state index in [0.717, 1.165) is 0 Å². The average Bonchev–Trinajstić information content (AvgIpc) is 1.65. The minimum absolute atomic E-state index is 0. The summed E-state index contributed by atoms with van der Waals surface area (Å²) in [6.45, 7) is 5.00. The third-order valence-corrected chi connectivity index (χ3v) is 0.548. The highest BCUT2D eigenvalue weighted by molar-refractivity contribution is 5.90. The minimum atomic E-state index is -0.208. The number of nitrogens with one attached hydrogen (secondary N) is 1. The molecule has 0 aromatic heterocycles. The number of carbonyl (C=O) groups is 1. The Labute approximate surface area is 90.9 Å². The van der Waals surface area contributed by atoms with Crippen LogP contribution in [0.5, 0.6) is 0 Å². The van der Waals surface area contributed by atoms with Gasteiger partial charge in [0.15, 0.2) is 0 Å². The van der Waals surface area contributed by atoms with E-state index in [2.05, 4.69) is 17.8 Å². The Hall–Kier alpha value is -0.0400.